The molecule has 2 amide bonds. The van der Waals surface area contributed by atoms with Crippen molar-refractivity contribution in [3.8, 4) is 0 Å². The molecular formula is C19H25IN3O4+. The van der Waals surface area contributed by atoms with Gasteiger partial charge in [0.25, 0.3) is 0 Å². The summed E-state index contributed by atoms with van der Waals surface area (Å²) in [6, 6.07) is 7.55. The van der Waals surface area contributed by atoms with Gasteiger partial charge in [-0.3, -0.25) is 0 Å². The lowest BCUT2D eigenvalue weighted by molar-refractivity contribution is -0.723. The molecule has 1 aliphatic heterocycles. The zero-order valence-electron chi connectivity index (χ0n) is 16.4. The van der Waals surface area contributed by atoms with Crippen LogP contribution < -0.4 is 5.43 Å². The Hall–Kier alpha value is -1.94. The van der Waals surface area contributed by atoms with E-state index in [1.54, 1.807) is 41.5 Å². The lowest BCUT2D eigenvalue weighted by atomic mass is 10.1. The van der Waals surface area contributed by atoms with E-state index in [0.717, 1.165) is 9.13 Å². The summed E-state index contributed by atoms with van der Waals surface area (Å²) in [5, 5.41) is 0. The van der Waals surface area contributed by atoms with Crippen LogP contribution in [0.2, 0.25) is 0 Å². The highest BCUT2D eigenvalue weighted by Gasteiger charge is 2.50. The highest BCUT2D eigenvalue weighted by molar-refractivity contribution is 14.1. The average molecular weight is 486 g/mol. The molecule has 1 aromatic carbocycles. The molecule has 1 aromatic rings. The number of quaternary nitrogens is 1. The molecule has 0 aliphatic carbocycles. The third kappa shape index (κ3) is 5.52. The summed E-state index contributed by atoms with van der Waals surface area (Å²) in [6.45, 7) is 10.5. The van der Waals surface area contributed by atoms with Gasteiger partial charge >= 0.3 is 12.2 Å². The number of ether oxygens (including phenoxy) is 2. The molecular weight excluding hydrogens is 461 g/mol. The first-order chi connectivity index (χ1) is 12.3. The van der Waals surface area contributed by atoms with Crippen molar-refractivity contribution >= 4 is 46.8 Å². The maximum Gasteiger partial charge on any atom is 0.553 e. The van der Waals surface area contributed by atoms with Crippen molar-refractivity contribution in [2.24, 2.45) is 4.99 Å². The maximum atomic E-state index is 13.1. The van der Waals surface area contributed by atoms with Crippen LogP contribution in [0.25, 0.3) is 5.70 Å². The van der Waals surface area contributed by atoms with Crippen LogP contribution >= 0.6 is 22.6 Å². The number of nitrogens with zero attached hydrogens (tertiary/aromatic N) is 2. The van der Waals surface area contributed by atoms with Crippen LogP contribution in [-0.2, 0) is 9.47 Å². The first-order valence-corrected chi connectivity index (χ1v) is 9.55. The zero-order chi connectivity index (χ0) is 20.5. The fraction of sp³-hybridized carbons (Fsp3) is 0.421. The molecule has 8 heteroatoms. The fourth-order valence-electron chi connectivity index (χ4n) is 2.34. The molecule has 27 heavy (non-hydrogen) atoms. The van der Waals surface area contributed by atoms with Crippen molar-refractivity contribution in [1.82, 2.24) is 5.43 Å². The number of aliphatic imine (C=N–C) groups is 1. The van der Waals surface area contributed by atoms with Crippen molar-refractivity contribution in [1.29, 1.82) is 0 Å². The van der Waals surface area contributed by atoms with Gasteiger partial charge in [0.1, 0.15) is 11.2 Å². The van der Waals surface area contributed by atoms with E-state index in [1.165, 1.54) is 12.5 Å². The topological polar surface area (TPSA) is 77.0 Å². The molecule has 0 aromatic heterocycles. The van der Waals surface area contributed by atoms with E-state index in [1.807, 2.05) is 24.3 Å². The molecule has 1 heterocycles. The monoisotopic (exact) mass is 486 g/mol. The van der Waals surface area contributed by atoms with E-state index in [9.17, 15) is 9.59 Å². The quantitative estimate of drug-likeness (QED) is 0.456. The predicted octanol–water partition coefficient (Wildman–Crippen LogP) is 4.82. The molecule has 0 fully saturated rings. The van der Waals surface area contributed by atoms with Crippen LogP contribution in [0, 0.1) is 3.57 Å². The van der Waals surface area contributed by atoms with Gasteiger partial charge in [-0.25, -0.2) is 9.79 Å². The molecule has 1 aliphatic rings. The average Bonchev–Trinajstić information content (AvgIpc) is 2.88. The van der Waals surface area contributed by atoms with Crippen LogP contribution in [0.1, 0.15) is 47.1 Å². The Labute approximate surface area is 173 Å². The number of carbonyl (C=O) groups excluding carboxylic acids is 2. The number of hydrogen-bond donors (Lipinski definition) is 1. The first-order valence-electron chi connectivity index (χ1n) is 8.47. The zero-order valence-corrected chi connectivity index (χ0v) is 18.5. The van der Waals surface area contributed by atoms with Crippen molar-refractivity contribution in [3.63, 3.8) is 0 Å². The Balaban J connectivity index is 2.46. The Morgan fingerprint density at radius 2 is 1.70 bits per heavy atom. The molecule has 0 radical (unpaired) electrons. The summed E-state index contributed by atoms with van der Waals surface area (Å²) in [5.41, 5.74) is 2.36. The molecule has 0 spiro atoms. The lowest BCUT2D eigenvalue weighted by Gasteiger charge is -2.31. The largest absolute Gasteiger partial charge is 0.553 e. The third-order valence-corrected chi connectivity index (χ3v) is 3.96. The minimum atomic E-state index is -0.752. The standard InChI is InChI=1S/C19H24IN3O4/c1-18(2,3)26-16(24)22-23(17(25)27-19(4,5)6)12-21-11-15(23)13-8-7-9-14(20)10-13/h7-12H,1-6H3/p+1. The Morgan fingerprint density at radius 1 is 1.07 bits per heavy atom. The van der Waals surface area contributed by atoms with Gasteiger partial charge in [-0.05, 0) is 86.9 Å². The van der Waals surface area contributed by atoms with Crippen LogP contribution in [0.4, 0.5) is 9.59 Å². The summed E-state index contributed by atoms with van der Waals surface area (Å²) >= 11 is 2.18. The molecule has 7 nitrogen and oxygen atoms in total. The van der Waals surface area contributed by atoms with Gasteiger partial charge in [-0.2, -0.15) is 4.79 Å². The first kappa shape index (κ1) is 21.4. The molecule has 0 bridgehead atoms. The summed E-state index contributed by atoms with van der Waals surface area (Å²) in [7, 11) is 0. The smallest absolute Gasteiger partial charge is 0.441 e. The summed E-state index contributed by atoms with van der Waals surface area (Å²) in [4.78, 5) is 29.7. The SMILES string of the molecule is CC(C)(C)OC(=O)N[N+]1(C(=O)OC(C)(C)C)C=NC=C1c1cccc(I)c1. The van der Waals surface area contributed by atoms with Gasteiger partial charge in [-0.15, -0.1) is 5.43 Å². The van der Waals surface area contributed by atoms with E-state index in [0.29, 0.717) is 5.70 Å². The van der Waals surface area contributed by atoms with Crippen LogP contribution in [0.5, 0.6) is 0 Å². The molecule has 146 valence electrons. The summed E-state index contributed by atoms with van der Waals surface area (Å²) < 4.78 is 11.2. The molecule has 1 N–H and O–H groups in total. The highest BCUT2D eigenvalue weighted by atomic mass is 127. The number of amides is 2. The van der Waals surface area contributed by atoms with Crippen molar-refractivity contribution in [2.75, 3.05) is 0 Å². The van der Waals surface area contributed by atoms with E-state index >= 15 is 0 Å². The van der Waals surface area contributed by atoms with Gasteiger partial charge in [0.2, 0.25) is 12.0 Å². The predicted molar refractivity (Wildman–Crippen MR) is 111 cm³/mol. The number of hydrogen-bond acceptors (Lipinski definition) is 5. The second-order valence-corrected chi connectivity index (χ2v) is 9.35. The minimum absolute atomic E-state index is 0.466. The minimum Gasteiger partial charge on any atom is -0.441 e. The third-order valence-electron chi connectivity index (χ3n) is 3.29. The van der Waals surface area contributed by atoms with Crippen molar-refractivity contribution in [3.05, 3.63) is 39.6 Å². The highest BCUT2D eigenvalue weighted by Crippen LogP contribution is 2.31. The van der Waals surface area contributed by atoms with Crippen LogP contribution in [0.3, 0.4) is 0 Å². The van der Waals surface area contributed by atoms with E-state index < -0.39 is 28.0 Å². The van der Waals surface area contributed by atoms with Crippen molar-refractivity contribution in [2.45, 2.75) is 52.7 Å². The summed E-state index contributed by atoms with van der Waals surface area (Å²) in [6.07, 6.45) is 1.43. The molecule has 1 unspecified atom stereocenters. The van der Waals surface area contributed by atoms with Gasteiger partial charge in [0.05, 0.1) is 6.20 Å². The van der Waals surface area contributed by atoms with E-state index in [-0.39, 0.29) is 0 Å². The Kier molecular flexibility index (Phi) is 6.00. The number of nitrogens with one attached hydrogen (secondary N) is 1. The van der Waals surface area contributed by atoms with Gasteiger partial charge in [0, 0.05) is 9.13 Å². The Morgan fingerprint density at radius 3 is 2.26 bits per heavy atom. The number of halogens is 1. The van der Waals surface area contributed by atoms with E-state index in [4.69, 9.17) is 9.47 Å². The molecule has 1 atom stereocenters. The number of rotatable bonds is 1. The number of carbonyl (C=O) groups is 2. The van der Waals surface area contributed by atoms with Crippen molar-refractivity contribution < 1.29 is 23.7 Å². The second kappa shape index (κ2) is 7.59. The van der Waals surface area contributed by atoms with E-state index in [2.05, 4.69) is 33.0 Å². The summed E-state index contributed by atoms with van der Waals surface area (Å²) in [5.74, 6) is 0. The van der Waals surface area contributed by atoms with Gasteiger partial charge in [0.15, 0.2) is 0 Å². The van der Waals surface area contributed by atoms with Crippen LogP contribution in [-0.4, -0.2) is 34.3 Å². The maximum absolute atomic E-state index is 13.1. The number of benzene rings is 1. The Bertz CT molecular complexity index is 806. The molecule has 0 saturated heterocycles. The van der Waals surface area contributed by atoms with Gasteiger partial charge < -0.3 is 9.47 Å². The second-order valence-electron chi connectivity index (χ2n) is 8.11. The van der Waals surface area contributed by atoms with Gasteiger partial charge in [-0.1, -0.05) is 6.07 Å². The lowest BCUT2D eigenvalue weighted by Crippen LogP contribution is -2.62. The fourth-order valence-corrected chi connectivity index (χ4v) is 2.89. The van der Waals surface area contributed by atoms with Crippen LogP contribution in [0.15, 0.2) is 35.5 Å². The molecule has 0 saturated carbocycles. The molecule has 2 rings (SSSR count). The normalized spacial score (nSPS) is 19.4.